The zero-order chi connectivity index (χ0) is 12.1. The van der Waals surface area contributed by atoms with Gasteiger partial charge in [-0.25, -0.2) is 4.79 Å². The Morgan fingerprint density at radius 1 is 1.41 bits per heavy atom. The Morgan fingerprint density at radius 3 is 2.88 bits per heavy atom. The highest BCUT2D eigenvalue weighted by Crippen LogP contribution is 2.26. The van der Waals surface area contributed by atoms with Gasteiger partial charge in [-0.05, 0) is 24.4 Å². The van der Waals surface area contributed by atoms with Crippen LogP contribution in [0.2, 0.25) is 0 Å². The lowest BCUT2D eigenvalue weighted by Crippen LogP contribution is -2.20. The molecule has 1 aliphatic heterocycles. The summed E-state index contributed by atoms with van der Waals surface area (Å²) in [6.07, 6.45) is 4.09. The molecule has 3 heteroatoms. The number of nitrogens with zero attached hydrogens (tertiary/aromatic N) is 1. The molecule has 0 aromatic heterocycles. The van der Waals surface area contributed by atoms with E-state index in [9.17, 15) is 4.79 Å². The zero-order valence-corrected chi connectivity index (χ0v) is 9.75. The molecule has 0 bridgehead atoms. The van der Waals surface area contributed by atoms with Gasteiger partial charge in [0.1, 0.15) is 0 Å². The van der Waals surface area contributed by atoms with Gasteiger partial charge in [0.25, 0.3) is 0 Å². The highest BCUT2D eigenvalue weighted by atomic mass is 16.4. The van der Waals surface area contributed by atoms with E-state index in [1.54, 1.807) is 6.08 Å². The average molecular weight is 231 g/mol. The standard InChI is InChI=1S/C14H17NO2/c16-14(17)7-4-9-15-10-8-13(11-15)12-5-2-1-3-6-12/h1-7,13H,8-11H2,(H,16,17)/b7-4+. The lowest BCUT2D eigenvalue weighted by atomic mass is 9.99. The van der Waals surface area contributed by atoms with E-state index in [-0.39, 0.29) is 0 Å². The predicted molar refractivity (Wildman–Crippen MR) is 67.0 cm³/mol. The summed E-state index contributed by atoms with van der Waals surface area (Å²) in [5, 5.41) is 8.51. The maximum Gasteiger partial charge on any atom is 0.328 e. The minimum atomic E-state index is -0.871. The monoisotopic (exact) mass is 231 g/mol. The van der Waals surface area contributed by atoms with Gasteiger partial charge in [-0.2, -0.15) is 0 Å². The number of likely N-dealkylation sites (tertiary alicyclic amines) is 1. The van der Waals surface area contributed by atoms with Crippen molar-refractivity contribution in [3.8, 4) is 0 Å². The molecule has 1 fully saturated rings. The minimum absolute atomic E-state index is 0.592. The van der Waals surface area contributed by atoms with Crippen LogP contribution in [0.25, 0.3) is 0 Å². The lowest BCUT2D eigenvalue weighted by molar-refractivity contribution is -0.131. The van der Waals surface area contributed by atoms with Crippen molar-refractivity contribution in [3.05, 3.63) is 48.0 Å². The first kappa shape index (κ1) is 11.9. The third-order valence-electron chi connectivity index (χ3n) is 3.17. The topological polar surface area (TPSA) is 40.5 Å². The van der Waals surface area contributed by atoms with Crippen molar-refractivity contribution in [3.63, 3.8) is 0 Å². The second kappa shape index (κ2) is 5.64. The fourth-order valence-corrected chi connectivity index (χ4v) is 2.30. The first-order valence-corrected chi connectivity index (χ1v) is 5.92. The molecule has 2 rings (SSSR count). The van der Waals surface area contributed by atoms with Crippen molar-refractivity contribution >= 4 is 5.97 Å². The summed E-state index contributed by atoms with van der Waals surface area (Å²) < 4.78 is 0. The van der Waals surface area contributed by atoms with Crippen LogP contribution < -0.4 is 0 Å². The van der Waals surface area contributed by atoms with Crippen LogP contribution in [0.3, 0.4) is 0 Å². The van der Waals surface area contributed by atoms with Crippen LogP contribution in [0.1, 0.15) is 17.9 Å². The van der Waals surface area contributed by atoms with Crippen LogP contribution in [0, 0.1) is 0 Å². The van der Waals surface area contributed by atoms with E-state index in [0.717, 1.165) is 26.1 Å². The predicted octanol–water partition coefficient (Wildman–Crippen LogP) is 2.12. The van der Waals surface area contributed by atoms with E-state index in [0.29, 0.717) is 5.92 Å². The lowest BCUT2D eigenvalue weighted by Gasteiger charge is -2.13. The summed E-state index contributed by atoms with van der Waals surface area (Å²) >= 11 is 0. The van der Waals surface area contributed by atoms with Crippen LogP contribution in [0.5, 0.6) is 0 Å². The maximum absolute atomic E-state index is 10.4. The second-order valence-electron chi connectivity index (χ2n) is 4.40. The van der Waals surface area contributed by atoms with Gasteiger partial charge >= 0.3 is 5.97 Å². The van der Waals surface area contributed by atoms with E-state index in [1.807, 2.05) is 6.07 Å². The van der Waals surface area contributed by atoms with E-state index in [2.05, 4.69) is 29.2 Å². The molecule has 1 aromatic rings. The van der Waals surface area contributed by atoms with Gasteiger partial charge in [0.15, 0.2) is 0 Å². The highest BCUT2D eigenvalue weighted by molar-refractivity contribution is 5.79. The fraction of sp³-hybridized carbons (Fsp3) is 0.357. The molecule has 0 radical (unpaired) electrons. The summed E-state index contributed by atoms with van der Waals surface area (Å²) in [7, 11) is 0. The van der Waals surface area contributed by atoms with Gasteiger partial charge in [0.2, 0.25) is 0 Å². The molecule has 1 unspecified atom stereocenters. The second-order valence-corrected chi connectivity index (χ2v) is 4.40. The normalized spacial score (nSPS) is 21.1. The Labute approximate surface area is 101 Å². The number of benzene rings is 1. The van der Waals surface area contributed by atoms with Crippen LogP contribution in [0.4, 0.5) is 0 Å². The first-order chi connectivity index (χ1) is 8.25. The molecule has 1 atom stereocenters. The number of rotatable bonds is 4. The van der Waals surface area contributed by atoms with Crippen molar-refractivity contribution in [1.82, 2.24) is 4.90 Å². The van der Waals surface area contributed by atoms with Crippen molar-refractivity contribution in [2.75, 3.05) is 19.6 Å². The molecule has 0 amide bonds. The van der Waals surface area contributed by atoms with Gasteiger partial charge in [0, 0.05) is 19.2 Å². The highest BCUT2D eigenvalue weighted by Gasteiger charge is 2.22. The number of carbonyl (C=O) groups is 1. The maximum atomic E-state index is 10.4. The Hall–Kier alpha value is -1.61. The molecule has 0 saturated carbocycles. The zero-order valence-electron chi connectivity index (χ0n) is 9.75. The Balaban J connectivity index is 1.86. The molecule has 1 N–H and O–H groups in total. The summed E-state index contributed by atoms with van der Waals surface area (Å²) in [4.78, 5) is 12.6. The van der Waals surface area contributed by atoms with E-state index >= 15 is 0 Å². The van der Waals surface area contributed by atoms with Crippen LogP contribution in [0.15, 0.2) is 42.5 Å². The number of carboxylic acid groups (broad SMARTS) is 1. The Bertz CT molecular complexity index is 400. The van der Waals surface area contributed by atoms with Gasteiger partial charge < -0.3 is 5.11 Å². The first-order valence-electron chi connectivity index (χ1n) is 5.92. The molecule has 90 valence electrons. The van der Waals surface area contributed by atoms with Gasteiger partial charge in [-0.3, -0.25) is 4.90 Å². The Kier molecular flexibility index (Phi) is 3.94. The summed E-state index contributed by atoms with van der Waals surface area (Å²) in [5.74, 6) is -0.279. The molecule has 1 saturated heterocycles. The molecule has 3 nitrogen and oxygen atoms in total. The summed E-state index contributed by atoms with van der Waals surface area (Å²) in [6, 6.07) is 10.5. The molecule has 0 spiro atoms. The number of hydrogen-bond acceptors (Lipinski definition) is 2. The minimum Gasteiger partial charge on any atom is -0.478 e. The van der Waals surface area contributed by atoms with Crippen LogP contribution in [-0.2, 0) is 4.79 Å². The third-order valence-corrected chi connectivity index (χ3v) is 3.17. The van der Waals surface area contributed by atoms with Gasteiger partial charge in [0.05, 0.1) is 0 Å². The number of carboxylic acids is 1. The molecule has 1 heterocycles. The quantitative estimate of drug-likeness (QED) is 0.807. The van der Waals surface area contributed by atoms with Crippen molar-refractivity contribution < 1.29 is 9.90 Å². The average Bonchev–Trinajstić information content (AvgIpc) is 2.78. The van der Waals surface area contributed by atoms with Gasteiger partial charge in [-0.15, -0.1) is 0 Å². The SMILES string of the molecule is O=C(O)/C=C/CN1CCC(c2ccccc2)C1. The smallest absolute Gasteiger partial charge is 0.328 e. The van der Waals surface area contributed by atoms with E-state index in [4.69, 9.17) is 5.11 Å². The largest absolute Gasteiger partial charge is 0.478 e. The summed E-state index contributed by atoms with van der Waals surface area (Å²) in [5.41, 5.74) is 1.39. The number of hydrogen-bond donors (Lipinski definition) is 1. The van der Waals surface area contributed by atoms with Gasteiger partial charge in [-0.1, -0.05) is 36.4 Å². The van der Waals surface area contributed by atoms with Crippen LogP contribution >= 0.6 is 0 Å². The molecular weight excluding hydrogens is 214 g/mol. The van der Waals surface area contributed by atoms with E-state index in [1.165, 1.54) is 11.6 Å². The van der Waals surface area contributed by atoms with E-state index < -0.39 is 5.97 Å². The third kappa shape index (κ3) is 3.43. The Morgan fingerprint density at radius 2 is 2.18 bits per heavy atom. The molecule has 0 aliphatic carbocycles. The van der Waals surface area contributed by atoms with Crippen molar-refractivity contribution in [2.24, 2.45) is 0 Å². The summed E-state index contributed by atoms with van der Waals surface area (Å²) in [6.45, 7) is 2.80. The fourth-order valence-electron chi connectivity index (χ4n) is 2.30. The molecule has 1 aliphatic rings. The number of aliphatic carboxylic acids is 1. The van der Waals surface area contributed by atoms with Crippen molar-refractivity contribution in [1.29, 1.82) is 0 Å². The molecular formula is C14H17NO2. The molecule has 17 heavy (non-hydrogen) atoms. The molecule has 1 aromatic carbocycles. The van der Waals surface area contributed by atoms with Crippen LogP contribution in [-0.4, -0.2) is 35.6 Å². The van der Waals surface area contributed by atoms with Crippen molar-refractivity contribution in [2.45, 2.75) is 12.3 Å².